The summed E-state index contributed by atoms with van der Waals surface area (Å²) in [4.78, 5) is 16.7. The molecule has 27 heavy (non-hydrogen) atoms. The Balaban J connectivity index is 1.66. The molecule has 4 fully saturated rings. The molecule has 5 atom stereocenters. The highest BCUT2D eigenvalue weighted by Gasteiger charge is 2.62. The molecule has 3 saturated heterocycles. The third kappa shape index (κ3) is 3.06. The number of nitrogens with zero attached hydrogens (tertiary/aromatic N) is 2. The second kappa shape index (κ2) is 6.95. The monoisotopic (exact) mass is 390 g/mol. The van der Waals surface area contributed by atoms with E-state index in [0.29, 0.717) is 18.9 Å². The first-order valence-electron chi connectivity index (χ1n) is 9.49. The Bertz CT molecular complexity index is 738. The van der Waals surface area contributed by atoms with Crippen molar-refractivity contribution in [3.63, 3.8) is 0 Å². The molecule has 5 unspecified atom stereocenters. The largest absolute Gasteiger partial charge is 0.497 e. The van der Waals surface area contributed by atoms with Crippen LogP contribution in [0.15, 0.2) is 24.3 Å². The van der Waals surface area contributed by atoms with Crippen molar-refractivity contribution in [2.75, 3.05) is 13.7 Å². The van der Waals surface area contributed by atoms with Crippen molar-refractivity contribution < 1.29 is 19.4 Å². The molecule has 3 aliphatic heterocycles. The van der Waals surface area contributed by atoms with Crippen LogP contribution in [0.1, 0.15) is 25.8 Å². The maximum Gasteiger partial charge on any atom is 0.311 e. The fourth-order valence-electron chi connectivity index (χ4n) is 4.68. The minimum Gasteiger partial charge on any atom is -0.497 e. The summed E-state index contributed by atoms with van der Waals surface area (Å²) in [5, 5.41) is 11.2. The molecule has 4 aliphatic rings. The van der Waals surface area contributed by atoms with Crippen molar-refractivity contribution in [2.24, 2.45) is 11.8 Å². The number of benzene rings is 1. The standard InChI is InChI=1S/C20H26N2O4S/c1-11(2)9-21-16-14-8-15(23)18(26-19(14)24)17(16)22(20(21)27)10-12-4-6-13(25-3)7-5-12/h4-7,11,14-18,23H,8-10H2,1-3H3. The topological polar surface area (TPSA) is 62.2 Å². The van der Waals surface area contributed by atoms with Crippen molar-refractivity contribution in [3.05, 3.63) is 29.8 Å². The fraction of sp³-hybridized carbons (Fsp3) is 0.600. The maximum absolute atomic E-state index is 12.4. The van der Waals surface area contributed by atoms with Gasteiger partial charge in [0.25, 0.3) is 0 Å². The zero-order chi connectivity index (χ0) is 19.3. The summed E-state index contributed by atoms with van der Waals surface area (Å²) in [6, 6.07) is 7.77. The van der Waals surface area contributed by atoms with Crippen LogP contribution in [0.3, 0.4) is 0 Å². The Morgan fingerprint density at radius 1 is 1.26 bits per heavy atom. The number of fused-ring (bicyclic) bond motifs is 2. The molecule has 1 aromatic carbocycles. The van der Waals surface area contributed by atoms with Gasteiger partial charge in [-0.1, -0.05) is 26.0 Å². The number of rotatable bonds is 5. The van der Waals surface area contributed by atoms with Crippen LogP contribution in [0.2, 0.25) is 0 Å². The van der Waals surface area contributed by atoms with E-state index in [1.807, 2.05) is 24.3 Å². The highest BCUT2D eigenvalue weighted by molar-refractivity contribution is 7.80. The van der Waals surface area contributed by atoms with Crippen molar-refractivity contribution in [2.45, 2.75) is 51.1 Å². The van der Waals surface area contributed by atoms with E-state index in [4.69, 9.17) is 21.7 Å². The summed E-state index contributed by atoms with van der Waals surface area (Å²) < 4.78 is 10.8. The molecular formula is C20H26N2O4S. The number of methoxy groups -OCH3 is 1. The smallest absolute Gasteiger partial charge is 0.311 e. The molecule has 1 aliphatic carbocycles. The van der Waals surface area contributed by atoms with Crippen LogP contribution in [0.5, 0.6) is 5.75 Å². The van der Waals surface area contributed by atoms with E-state index in [9.17, 15) is 9.90 Å². The normalized spacial score (nSPS) is 32.1. The third-order valence-corrected chi connectivity index (χ3v) is 6.28. The van der Waals surface area contributed by atoms with Gasteiger partial charge in [-0.3, -0.25) is 4.79 Å². The van der Waals surface area contributed by atoms with E-state index in [1.165, 1.54) is 0 Å². The molecule has 5 rings (SSSR count). The van der Waals surface area contributed by atoms with Crippen molar-refractivity contribution in [1.82, 2.24) is 9.80 Å². The molecule has 1 saturated carbocycles. The summed E-state index contributed by atoms with van der Waals surface area (Å²) in [6.07, 6.45) is -0.701. The Kier molecular flexibility index (Phi) is 4.76. The molecule has 1 N–H and O–H groups in total. The Morgan fingerprint density at radius 3 is 2.59 bits per heavy atom. The number of hydrogen-bond donors (Lipinski definition) is 1. The molecule has 0 amide bonds. The van der Waals surface area contributed by atoms with Gasteiger partial charge in [-0.15, -0.1) is 0 Å². The molecule has 1 aromatic rings. The number of carbonyl (C=O) groups excluding carboxylic acids is 1. The zero-order valence-electron chi connectivity index (χ0n) is 15.9. The first-order valence-corrected chi connectivity index (χ1v) is 9.90. The van der Waals surface area contributed by atoms with Gasteiger partial charge in [0.15, 0.2) is 5.11 Å². The molecule has 0 spiro atoms. The first kappa shape index (κ1) is 18.5. The minimum absolute atomic E-state index is 0.0206. The molecule has 0 radical (unpaired) electrons. The van der Waals surface area contributed by atoms with Gasteiger partial charge in [-0.25, -0.2) is 0 Å². The van der Waals surface area contributed by atoms with Gasteiger partial charge in [-0.2, -0.15) is 0 Å². The lowest BCUT2D eigenvalue weighted by molar-refractivity contribution is -0.199. The van der Waals surface area contributed by atoms with E-state index < -0.39 is 12.2 Å². The lowest BCUT2D eigenvalue weighted by Crippen LogP contribution is -2.66. The average Bonchev–Trinajstić information content (AvgIpc) is 2.90. The lowest BCUT2D eigenvalue weighted by atomic mass is 9.74. The van der Waals surface area contributed by atoms with Gasteiger partial charge in [0, 0.05) is 13.1 Å². The molecule has 6 nitrogen and oxygen atoms in total. The van der Waals surface area contributed by atoms with Crippen LogP contribution in [0, 0.1) is 11.8 Å². The SMILES string of the molecule is COc1ccc(CN2C(=S)N(CC(C)C)C3C4CC(O)C(OC4=O)C32)cc1. The number of aliphatic hydroxyl groups excluding tert-OH is 1. The van der Waals surface area contributed by atoms with Gasteiger partial charge in [-0.05, 0) is 42.3 Å². The highest BCUT2D eigenvalue weighted by atomic mass is 32.1. The van der Waals surface area contributed by atoms with Crippen LogP contribution >= 0.6 is 12.2 Å². The number of hydrogen-bond acceptors (Lipinski definition) is 5. The van der Waals surface area contributed by atoms with Crippen LogP contribution < -0.4 is 4.74 Å². The van der Waals surface area contributed by atoms with Gasteiger partial charge >= 0.3 is 5.97 Å². The van der Waals surface area contributed by atoms with Crippen molar-refractivity contribution >= 4 is 23.3 Å². The van der Waals surface area contributed by atoms with Gasteiger partial charge in [0.05, 0.1) is 31.2 Å². The first-order chi connectivity index (χ1) is 12.9. The molecule has 3 heterocycles. The Hall–Kier alpha value is -1.86. The predicted octanol–water partition coefficient (Wildman–Crippen LogP) is 1.80. The van der Waals surface area contributed by atoms with Gasteiger partial charge in [0.1, 0.15) is 11.9 Å². The third-order valence-electron chi connectivity index (χ3n) is 5.81. The summed E-state index contributed by atoms with van der Waals surface area (Å²) in [5.41, 5.74) is 1.10. The van der Waals surface area contributed by atoms with E-state index in [1.54, 1.807) is 7.11 Å². The minimum atomic E-state index is -0.630. The Labute approximate surface area is 165 Å². The zero-order valence-corrected chi connectivity index (χ0v) is 16.7. The summed E-state index contributed by atoms with van der Waals surface area (Å²) in [5.74, 6) is 0.705. The molecule has 0 aromatic heterocycles. The van der Waals surface area contributed by atoms with Crippen molar-refractivity contribution in [3.8, 4) is 5.75 Å². The lowest BCUT2D eigenvalue weighted by Gasteiger charge is -2.49. The summed E-state index contributed by atoms with van der Waals surface area (Å²) in [7, 11) is 1.65. The molecule has 2 bridgehead atoms. The van der Waals surface area contributed by atoms with E-state index in [2.05, 4.69) is 23.6 Å². The number of ether oxygens (including phenoxy) is 2. The van der Waals surface area contributed by atoms with Gasteiger partial charge < -0.3 is 24.4 Å². The number of carbonyl (C=O) groups is 1. The number of aliphatic hydroxyl groups is 1. The second-order valence-electron chi connectivity index (χ2n) is 8.10. The molecule has 7 heteroatoms. The van der Waals surface area contributed by atoms with E-state index >= 15 is 0 Å². The van der Waals surface area contributed by atoms with E-state index in [0.717, 1.165) is 23.0 Å². The number of thiocarbonyl (C=S) groups is 1. The highest BCUT2D eigenvalue weighted by Crippen LogP contribution is 2.44. The van der Waals surface area contributed by atoms with Crippen LogP contribution in [-0.4, -0.2) is 63.9 Å². The maximum atomic E-state index is 12.4. The van der Waals surface area contributed by atoms with Crippen LogP contribution in [0.25, 0.3) is 0 Å². The van der Waals surface area contributed by atoms with Crippen molar-refractivity contribution in [1.29, 1.82) is 0 Å². The predicted molar refractivity (Wildman–Crippen MR) is 104 cm³/mol. The van der Waals surface area contributed by atoms with Crippen LogP contribution in [0.4, 0.5) is 0 Å². The number of esters is 1. The van der Waals surface area contributed by atoms with Crippen LogP contribution in [-0.2, 0) is 16.1 Å². The molecular weight excluding hydrogens is 364 g/mol. The average molecular weight is 391 g/mol. The second-order valence-corrected chi connectivity index (χ2v) is 8.46. The quantitative estimate of drug-likeness (QED) is 0.608. The fourth-order valence-corrected chi connectivity index (χ4v) is 5.06. The molecule has 146 valence electrons. The Morgan fingerprint density at radius 2 is 1.96 bits per heavy atom. The summed E-state index contributed by atoms with van der Waals surface area (Å²) >= 11 is 5.83. The van der Waals surface area contributed by atoms with E-state index in [-0.39, 0.29) is 24.0 Å². The van der Waals surface area contributed by atoms with Gasteiger partial charge in [0.2, 0.25) is 0 Å². The summed E-state index contributed by atoms with van der Waals surface area (Å²) in [6.45, 7) is 5.72.